The van der Waals surface area contributed by atoms with E-state index in [9.17, 15) is 14.7 Å². The van der Waals surface area contributed by atoms with Crippen LogP contribution in [-0.2, 0) is 17.8 Å². The molecule has 5 nitrogen and oxygen atoms in total. The number of rotatable bonds is 5. The largest absolute Gasteiger partial charge is 0.394 e. The Balaban J connectivity index is 1.42. The third kappa shape index (κ3) is 4.26. The molecule has 0 saturated carbocycles. The van der Waals surface area contributed by atoms with Gasteiger partial charge in [0.05, 0.1) is 6.61 Å². The number of amides is 2. The van der Waals surface area contributed by atoms with Crippen LogP contribution in [0.3, 0.4) is 0 Å². The van der Waals surface area contributed by atoms with Crippen molar-refractivity contribution in [2.24, 2.45) is 0 Å². The van der Waals surface area contributed by atoms with E-state index in [2.05, 4.69) is 11.4 Å². The van der Waals surface area contributed by atoms with Gasteiger partial charge in [-0.05, 0) is 40.8 Å². The number of carbonyl (C=O) groups excluding carboxylic acids is 2. The fraction of sp³-hybridized carbons (Fsp3) is 0.200. The molecular formula is C25H24N2O3. The monoisotopic (exact) mass is 400 g/mol. The Morgan fingerprint density at radius 2 is 1.50 bits per heavy atom. The number of aliphatic hydroxyl groups is 1. The van der Waals surface area contributed by atoms with Crippen molar-refractivity contribution in [2.75, 3.05) is 13.2 Å². The molecule has 1 aliphatic heterocycles. The quantitative estimate of drug-likeness (QED) is 0.692. The first kappa shape index (κ1) is 19.9. The normalized spacial score (nSPS) is 14.0. The van der Waals surface area contributed by atoms with Crippen LogP contribution in [0.1, 0.15) is 21.5 Å². The number of aliphatic hydroxyl groups excluding tert-OH is 1. The Kier molecular flexibility index (Phi) is 5.91. The SMILES string of the molecule is O=C(NC(CO)C(=O)N1CCc2ccccc2C1)c1ccc(-c2ccccc2)cc1. The number of hydrogen-bond donors (Lipinski definition) is 2. The Morgan fingerprint density at radius 3 is 2.20 bits per heavy atom. The molecule has 0 aliphatic carbocycles. The highest BCUT2D eigenvalue weighted by atomic mass is 16.3. The number of hydrogen-bond acceptors (Lipinski definition) is 3. The first-order valence-electron chi connectivity index (χ1n) is 10.1. The summed E-state index contributed by atoms with van der Waals surface area (Å²) in [6, 6.07) is 24.2. The van der Waals surface area contributed by atoms with Crippen LogP contribution >= 0.6 is 0 Å². The molecule has 2 amide bonds. The topological polar surface area (TPSA) is 69.6 Å². The zero-order valence-corrected chi connectivity index (χ0v) is 16.6. The highest BCUT2D eigenvalue weighted by Gasteiger charge is 2.28. The minimum Gasteiger partial charge on any atom is -0.394 e. The number of carbonyl (C=O) groups is 2. The second-order valence-corrected chi connectivity index (χ2v) is 7.43. The number of nitrogens with one attached hydrogen (secondary N) is 1. The summed E-state index contributed by atoms with van der Waals surface area (Å²) < 4.78 is 0. The van der Waals surface area contributed by atoms with Gasteiger partial charge in [0.2, 0.25) is 5.91 Å². The molecule has 0 saturated heterocycles. The lowest BCUT2D eigenvalue weighted by molar-refractivity contribution is -0.135. The molecule has 0 bridgehead atoms. The van der Waals surface area contributed by atoms with E-state index < -0.39 is 12.6 Å². The van der Waals surface area contributed by atoms with E-state index in [4.69, 9.17) is 0 Å². The first-order chi connectivity index (χ1) is 14.7. The maximum atomic E-state index is 12.9. The van der Waals surface area contributed by atoms with E-state index in [-0.39, 0.29) is 11.8 Å². The predicted molar refractivity (Wildman–Crippen MR) is 116 cm³/mol. The van der Waals surface area contributed by atoms with Crippen molar-refractivity contribution in [3.8, 4) is 11.1 Å². The molecule has 5 heteroatoms. The van der Waals surface area contributed by atoms with Crippen molar-refractivity contribution in [2.45, 2.75) is 19.0 Å². The molecule has 0 radical (unpaired) electrons. The number of benzene rings is 3. The van der Waals surface area contributed by atoms with Crippen LogP contribution in [0, 0.1) is 0 Å². The summed E-state index contributed by atoms with van der Waals surface area (Å²) in [4.78, 5) is 27.2. The summed E-state index contributed by atoms with van der Waals surface area (Å²) >= 11 is 0. The average molecular weight is 400 g/mol. The van der Waals surface area contributed by atoms with Gasteiger partial charge in [-0.15, -0.1) is 0 Å². The van der Waals surface area contributed by atoms with Gasteiger partial charge < -0.3 is 15.3 Å². The van der Waals surface area contributed by atoms with Gasteiger partial charge in [0.25, 0.3) is 5.91 Å². The minimum atomic E-state index is -0.962. The fourth-order valence-electron chi connectivity index (χ4n) is 3.78. The van der Waals surface area contributed by atoms with Gasteiger partial charge in [0.15, 0.2) is 0 Å². The maximum Gasteiger partial charge on any atom is 0.251 e. The van der Waals surface area contributed by atoms with Crippen molar-refractivity contribution >= 4 is 11.8 Å². The van der Waals surface area contributed by atoms with E-state index >= 15 is 0 Å². The number of fused-ring (bicyclic) bond motifs is 1. The Hall–Kier alpha value is -3.44. The molecule has 0 spiro atoms. The molecule has 1 aliphatic rings. The minimum absolute atomic E-state index is 0.263. The van der Waals surface area contributed by atoms with Crippen molar-refractivity contribution in [1.82, 2.24) is 10.2 Å². The van der Waals surface area contributed by atoms with Gasteiger partial charge >= 0.3 is 0 Å². The molecule has 3 aromatic carbocycles. The summed E-state index contributed by atoms with van der Waals surface area (Å²) in [6.45, 7) is 0.631. The summed E-state index contributed by atoms with van der Waals surface area (Å²) in [7, 11) is 0. The molecule has 30 heavy (non-hydrogen) atoms. The molecule has 0 fully saturated rings. The van der Waals surface area contributed by atoms with E-state index in [0.717, 1.165) is 23.1 Å². The molecule has 1 heterocycles. The van der Waals surface area contributed by atoms with E-state index in [1.54, 1.807) is 17.0 Å². The fourth-order valence-corrected chi connectivity index (χ4v) is 3.78. The third-order valence-corrected chi connectivity index (χ3v) is 5.48. The lowest BCUT2D eigenvalue weighted by Gasteiger charge is -2.31. The molecular weight excluding hydrogens is 376 g/mol. The van der Waals surface area contributed by atoms with Crippen molar-refractivity contribution in [3.63, 3.8) is 0 Å². The third-order valence-electron chi connectivity index (χ3n) is 5.48. The predicted octanol–water partition coefficient (Wildman–Crippen LogP) is 3.03. The van der Waals surface area contributed by atoms with Gasteiger partial charge in [0, 0.05) is 18.7 Å². The molecule has 3 aromatic rings. The maximum absolute atomic E-state index is 12.9. The summed E-state index contributed by atoms with van der Waals surface area (Å²) in [5.41, 5.74) is 4.87. The Morgan fingerprint density at radius 1 is 0.867 bits per heavy atom. The zero-order chi connectivity index (χ0) is 20.9. The van der Waals surface area contributed by atoms with Gasteiger partial charge in [0.1, 0.15) is 6.04 Å². The van der Waals surface area contributed by atoms with Crippen LogP contribution < -0.4 is 5.32 Å². The Bertz CT molecular complexity index is 1030. The molecule has 4 rings (SSSR count). The molecule has 2 N–H and O–H groups in total. The van der Waals surface area contributed by atoms with Crippen LogP contribution in [0.4, 0.5) is 0 Å². The second kappa shape index (κ2) is 8.93. The van der Waals surface area contributed by atoms with E-state index in [1.165, 1.54) is 5.56 Å². The highest BCUT2D eigenvalue weighted by Crippen LogP contribution is 2.20. The summed E-state index contributed by atoms with van der Waals surface area (Å²) in [5, 5.41) is 12.4. The zero-order valence-electron chi connectivity index (χ0n) is 16.6. The second-order valence-electron chi connectivity index (χ2n) is 7.43. The van der Waals surface area contributed by atoms with Crippen molar-refractivity contribution < 1.29 is 14.7 Å². The summed E-state index contributed by atoms with van der Waals surface area (Å²) in [6.07, 6.45) is 0.773. The van der Waals surface area contributed by atoms with Crippen molar-refractivity contribution in [3.05, 3.63) is 95.6 Å². The van der Waals surface area contributed by atoms with Gasteiger partial charge in [-0.2, -0.15) is 0 Å². The van der Waals surface area contributed by atoms with E-state index in [1.807, 2.05) is 60.7 Å². The van der Waals surface area contributed by atoms with Crippen LogP contribution in [0.15, 0.2) is 78.9 Å². The average Bonchev–Trinajstić information content (AvgIpc) is 2.82. The molecule has 152 valence electrons. The first-order valence-corrected chi connectivity index (χ1v) is 10.1. The van der Waals surface area contributed by atoms with Crippen LogP contribution in [0.2, 0.25) is 0 Å². The lowest BCUT2D eigenvalue weighted by atomic mass is 9.99. The lowest BCUT2D eigenvalue weighted by Crippen LogP contribution is -2.51. The van der Waals surface area contributed by atoms with Gasteiger partial charge in [-0.25, -0.2) is 0 Å². The van der Waals surface area contributed by atoms with Crippen molar-refractivity contribution in [1.29, 1.82) is 0 Å². The van der Waals surface area contributed by atoms with Crippen LogP contribution in [0.25, 0.3) is 11.1 Å². The molecule has 1 atom stereocenters. The Labute approximate surface area is 176 Å². The standard InChI is InChI=1S/C25H24N2O3/c28-17-23(25(30)27-15-14-19-8-4-5-9-22(19)16-27)26-24(29)21-12-10-20(11-13-21)18-6-2-1-3-7-18/h1-13,23,28H,14-17H2,(H,26,29). The molecule has 0 aromatic heterocycles. The van der Waals surface area contributed by atoms with Gasteiger partial charge in [-0.1, -0.05) is 66.7 Å². The molecule has 1 unspecified atom stereocenters. The van der Waals surface area contributed by atoms with Gasteiger partial charge in [-0.3, -0.25) is 9.59 Å². The number of nitrogens with zero attached hydrogens (tertiary/aromatic N) is 1. The highest BCUT2D eigenvalue weighted by molar-refractivity contribution is 5.98. The summed E-state index contributed by atoms with van der Waals surface area (Å²) in [5.74, 6) is -0.638. The van der Waals surface area contributed by atoms with Crippen LogP contribution in [0.5, 0.6) is 0 Å². The van der Waals surface area contributed by atoms with Crippen LogP contribution in [-0.4, -0.2) is 41.0 Å². The smallest absolute Gasteiger partial charge is 0.251 e. The van der Waals surface area contributed by atoms with E-state index in [0.29, 0.717) is 18.7 Å².